The van der Waals surface area contributed by atoms with Gasteiger partial charge < -0.3 is 9.47 Å². The van der Waals surface area contributed by atoms with Crippen molar-refractivity contribution < 1.29 is 14.3 Å². The van der Waals surface area contributed by atoms with Gasteiger partial charge in [-0.15, -0.1) is 5.10 Å². The average Bonchev–Trinajstić information content (AvgIpc) is 2.63. The number of ether oxygens (including phenoxy) is 2. The third kappa shape index (κ3) is 3.94. The minimum atomic E-state index is -0.281. The van der Waals surface area contributed by atoms with Crippen LogP contribution in [0.3, 0.4) is 0 Å². The molecule has 0 atom stereocenters. The Morgan fingerprint density at radius 1 is 1.47 bits per heavy atom. The second-order valence-electron chi connectivity index (χ2n) is 2.58. The highest BCUT2D eigenvalue weighted by atomic mass is 16.5. The highest BCUT2D eigenvalue weighted by Crippen LogP contribution is 2.04. The van der Waals surface area contributed by atoms with Crippen LogP contribution in [0.4, 0.5) is 5.95 Å². The number of H-pyrrole nitrogens is 1. The molecule has 0 radical (unpaired) electrons. The molecule has 7 heteroatoms. The van der Waals surface area contributed by atoms with Gasteiger partial charge in [0.1, 0.15) is 6.61 Å². The lowest BCUT2D eigenvalue weighted by Crippen LogP contribution is -2.18. The number of amides is 1. The van der Waals surface area contributed by atoms with E-state index >= 15 is 0 Å². The van der Waals surface area contributed by atoms with Crippen molar-refractivity contribution in [2.24, 2.45) is 0 Å². The number of hydrogen-bond acceptors (Lipinski definition) is 5. The Bertz CT molecular complexity index is 313. The van der Waals surface area contributed by atoms with Gasteiger partial charge in [0.15, 0.2) is 0 Å². The molecule has 84 valence electrons. The second kappa shape index (κ2) is 5.97. The van der Waals surface area contributed by atoms with Crippen molar-refractivity contribution in [1.29, 1.82) is 0 Å². The van der Waals surface area contributed by atoms with Crippen molar-refractivity contribution in [1.82, 2.24) is 15.2 Å². The monoisotopic (exact) mass is 214 g/mol. The molecule has 7 nitrogen and oxygen atoms in total. The summed E-state index contributed by atoms with van der Waals surface area (Å²) in [4.78, 5) is 15.0. The first-order valence-electron chi connectivity index (χ1n) is 4.69. The number of aromatic nitrogens is 3. The van der Waals surface area contributed by atoms with E-state index in [9.17, 15) is 4.79 Å². The van der Waals surface area contributed by atoms with Gasteiger partial charge in [-0.25, -0.2) is 5.10 Å². The molecule has 0 unspecified atom stereocenters. The van der Waals surface area contributed by atoms with E-state index in [4.69, 9.17) is 9.47 Å². The van der Waals surface area contributed by atoms with Gasteiger partial charge in [0.25, 0.3) is 5.91 Å². The predicted molar refractivity (Wildman–Crippen MR) is 52.7 cm³/mol. The minimum absolute atomic E-state index is 0.00116. The summed E-state index contributed by atoms with van der Waals surface area (Å²) in [5.74, 6) is -0.0285. The number of nitrogens with zero attached hydrogens (tertiary/aromatic N) is 2. The summed E-state index contributed by atoms with van der Waals surface area (Å²) in [6.07, 6.45) is 0. The van der Waals surface area contributed by atoms with Gasteiger partial charge >= 0.3 is 6.01 Å². The molecule has 0 spiro atoms. The first kappa shape index (κ1) is 11.4. The fourth-order valence-corrected chi connectivity index (χ4v) is 0.859. The lowest BCUT2D eigenvalue weighted by atomic mass is 10.6. The summed E-state index contributed by atoms with van der Waals surface area (Å²) in [6.45, 7) is 4.61. The Morgan fingerprint density at radius 2 is 2.27 bits per heavy atom. The molecule has 1 aromatic heterocycles. The normalized spacial score (nSPS) is 10.0. The molecule has 1 rings (SSSR count). The third-order valence-corrected chi connectivity index (χ3v) is 1.43. The average molecular weight is 214 g/mol. The van der Waals surface area contributed by atoms with Gasteiger partial charge in [-0.1, -0.05) is 0 Å². The van der Waals surface area contributed by atoms with Gasteiger partial charge in [-0.3, -0.25) is 10.1 Å². The molecule has 1 amide bonds. The summed E-state index contributed by atoms with van der Waals surface area (Å²) in [6, 6.07) is 0.212. The summed E-state index contributed by atoms with van der Waals surface area (Å²) in [5, 5.41) is 8.73. The van der Waals surface area contributed by atoms with E-state index in [1.807, 2.05) is 13.8 Å². The largest absolute Gasteiger partial charge is 0.463 e. The minimum Gasteiger partial charge on any atom is -0.463 e. The lowest BCUT2D eigenvalue weighted by Gasteiger charge is -2.00. The van der Waals surface area contributed by atoms with Gasteiger partial charge in [-0.2, -0.15) is 4.98 Å². The van der Waals surface area contributed by atoms with Crippen LogP contribution >= 0.6 is 0 Å². The van der Waals surface area contributed by atoms with Crippen molar-refractivity contribution in [3.8, 4) is 6.01 Å². The Labute approximate surface area is 87.2 Å². The molecule has 0 saturated carbocycles. The van der Waals surface area contributed by atoms with E-state index in [1.165, 1.54) is 0 Å². The van der Waals surface area contributed by atoms with E-state index in [0.717, 1.165) is 0 Å². The summed E-state index contributed by atoms with van der Waals surface area (Å²) in [5.41, 5.74) is 0. The van der Waals surface area contributed by atoms with Gasteiger partial charge in [0.05, 0.1) is 6.61 Å². The van der Waals surface area contributed by atoms with E-state index < -0.39 is 0 Å². The van der Waals surface area contributed by atoms with Gasteiger partial charge in [0, 0.05) is 6.61 Å². The number of rotatable bonds is 6. The number of hydrogen-bond donors (Lipinski definition) is 2. The molecule has 0 aliphatic heterocycles. The van der Waals surface area contributed by atoms with Crippen molar-refractivity contribution in [3.05, 3.63) is 0 Å². The number of anilines is 1. The summed E-state index contributed by atoms with van der Waals surface area (Å²) >= 11 is 0. The maximum atomic E-state index is 11.2. The van der Waals surface area contributed by atoms with Crippen LogP contribution in [0.25, 0.3) is 0 Å². The molecule has 0 aliphatic rings. The molecule has 2 N–H and O–H groups in total. The van der Waals surface area contributed by atoms with Crippen LogP contribution in [0.1, 0.15) is 13.8 Å². The quantitative estimate of drug-likeness (QED) is 0.705. The number of carbonyl (C=O) groups is 1. The van der Waals surface area contributed by atoms with Crippen molar-refractivity contribution in [2.75, 3.05) is 25.1 Å². The third-order valence-electron chi connectivity index (χ3n) is 1.43. The van der Waals surface area contributed by atoms with Crippen LogP contribution < -0.4 is 10.1 Å². The highest BCUT2D eigenvalue weighted by Gasteiger charge is 2.07. The standard InChI is InChI=1S/C8H14N4O3/c1-3-14-5-6(13)9-7-10-8(12-11-7)15-4-2/h3-5H2,1-2H3,(H2,9,10,11,12,13). The molecule has 0 aliphatic carbocycles. The van der Waals surface area contributed by atoms with Crippen LogP contribution in [-0.2, 0) is 9.53 Å². The Morgan fingerprint density at radius 3 is 2.93 bits per heavy atom. The number of nitrogens with one attached hydrogen (secondary N) is 2. The molecule has 0 bridgehead atoms. The fourth-order valence-electron chi connectivity index (χ4n) is 0.859. The fraction of sp³-hybridized carbons (Fsp3) is 0.625. The van der Waals surface area contributed by atoms with Crippen LogP contribution in [-0.4, -0.2) is 40.9 Å². The van der Waals surface area contributed by atoms with Crippen molar-refractivity contribution in [2.45, 2.75) is 13.8 Å². The van der Waals surface area contributed by atoms with Crippen LogP contribution in [0.5, 0.6) is 6.01 Å². The maximum absolute atomic E-state index is 11.2. The van der Waals surface area contributed by atoms with Crippen molar-refractivity contribution >= 4 is 11.9 Å². The molecule has 0 fully saturated rings. The molecular formula is C8H14N4O3. The second-order valence-corrected chi connectivity index (χ2v) is 2.58. The predicted octanol–water partition coefficient (Wildman–Crippen LogP) is 0.178. The van der Waals surface area contributed by atoms with Gasteiger partial charge in [0.2, 0.25) is 5.95 Å². The SMILES string of the molecule is CCOCC(=O)Nc1nc(OCC)n[nH]1. The summed E-state index contributed by atoms with van der Waals surface area (Å²) < 4.78 is 9.93. The van der Waals surface area contributed by atoms with Crippen LogP contribution in [0.2, 0.25) is 0 Å². The van der Waals surface area contributed by atoms with E-state index in [-0.39, 0.29) is 24.5 Å². The first-order chi connectivity index (χ1) is 7.26. The number of aromatic amines is 1. The summed E-state index contributed by atoms with van der Waals surface area (Å²) in [7, 11) is 0. The van der Waals surface area contributed by atoms with Crippen LogP contribution in [0.15, 0.2) is 0 Å². The zero-order valence-electron chi connectivity index (χ0n) is 8.74. The zero-order valence-corrected chi connectivity index (χ0v) is 8.74. The Kier molecular flexibility index (Phi) is 4.55. The lowest BCUT2D eigenvalue weighted by molar-refractivity contribution is -0.120. The molecular weight excluding hydrogens is 200 g/mol. The highest BCUT2D eigenvalue weighted by molar-refractivity contribution is 5.89. The van der Waals surface area contributed by atoms with E-state index in [2.05, 4.69) is 20.5 Å². The Balaban J connectivity index is 2.39. The first-order valence-corrected chi connectivity index (χ1v) is 4.69. The molecule has 1 aromatic rings. The van der Waals surface area contributed by atoms with E-state index in [0.29, 0.717) is 13.2 Å². The molecule has 1 heterocycles. The molecule has 0 aromatic carbocycles. The Hall–Kier alpha value is -1.63. The zero-order chi connectivity index (χ0) is 11.1. The van der Waals surface area contributed by atoms with Crippen LogP contribution in [0, 0.1) is 0 Å². The topological polar surface area (TPSA) is 89.1 Å². The number of carbonyl (C=O) groups excluding carboxylic acids is 1. The maximum Gasteiger partial charge on any atom is 0.337 e. The van der Waals surface area contributed by atoms with Gasteiger partial charge in [-0.05, 0) is 13.8 Å². The smallest absolute Gasteiger partial charge is 0.337 e. The van der Waals surface area contributed by atoms with Crippen molar-refractivity contribution in [3.63, 3.8) is 0 Å². The molecule has 15 heavy (non-hydrogen) atoms. The molecule has 0 saturated heterocycles. The van der Waals surface area contributed by atoms with E-state index in [1.54, 1.807) is 0 Å².